The van der Waals surface area contributed by atoms with E-state index >= 15 is 0 Å². The van der Waals surface area contributed by atoms with E-state index in [4.69, 9.17) is 0 Å². The fourth-order valence-corrected chi connectivity index (χ4v) is 4.89. The fourth-order valence-electron chi connectivity index (χ4n) is 4.89. The number of para-hydroxylation sites is 3. The Hall–Kier alpha value is -3.76. The normalized spacial score (nSPS) is 13.8. The van der Waals surface area contributed by atoms with Crippen LogP contribution in [0.4, 0.5) is 0 Å². The summed E-state index contributed by atoms with van der Waals surface area (Å²) < 4.78 is 0. The summed E-state index contributed by atoms with van der Waals surface area (Å²) in [7, 11) is 0. The Bertz CT molecular complexity index is 1500. The Morgan fingerprint density at radius 2 is 1.06 bits per heavy atom. The average molecular weight is 406 g/mol. The summed E-state index contributed by atoms with van der Waals surface area (Å²) in [6, 6.07) is 24.8. The molecule has 0 aliphatic carbocycles. The lowest BCUT2D eigenvalue weighted by molar-refractivity contribution is 0.146. The average Bonchev–Trinajstić information content (AvgIpc) is 3.54. The highest BCUT2D eigenvalue weighted by Crippen LogP contribution is 2.40. The number of aliphatic hydroxyl groups excluding tert-OH is 1. The van der Waals surface area contributed by atoms with Crippen LogP contribution in [0.5, 0.6) is 0 Å². The van der Waals surface area contributed by atoms with Crippen molar-refractivity contribution in [3.8, 4) is 0 Å². The zero-order valence-electron chi connectivity index (χ0n) is 17.0. The molecule has 4 heteroatoms. The molecule has 0 spiro atoms. The Morgan fingerprint density at radius 1 is 0.581 bits per heavy atom. The van der Waals surface area contributed by atoms with Crippen molar-refractivity contribution in [2.24, 2.45) is 0 Å². The number of nitrogens with one attached hydrogen (secondary N) is 3. The molecule has 6 rings (SSSR count). The van der Waals surface area contributed by atoms with Gasteiger partial charge in [-0.25, -0.2) is 0 Å². The molecule has 0 aliphatic heterocycles. The van der Waals surface area contributed by atoms with Crippen LogP contribution in [-0.4, -0.2) is 20.1 Å². The first-order valence-corrected chi connectivity index (χ1v) is 10.6. The van der Waals surface area contributed by atoms with E-state index in [1.54, 1.807) is 0 Å². The SMILES string of the molecule is OC(c1c[nH]c2ccccc12)C(Cc1c[nH]c2ccccc12)c1c[nH]c2ccccc12. The van der Waals surface area contributed by atoms with Gasteiger partial charge in [0.2, 0.25) is 0 Å². The zero-order chi connectivity index (χ0) is 20.8. The minimum absolute atomic E-state index is 0.102. The predicted molar refractivity (Wildman–Crippen MR) is 126 cm³/mol. The Balaban J connectivity index is 1.50. The van der Waals surface area contributed by atoms with Crippen molar-refractivity contribution < 1.29 is 5.11 Å². The van der Waals surface area contributed by atoms with Gasteiger partial charge in [-0.1, -0.05) is 54.6 Å². The maximum atomic E-state index is 11.7. The Morgan fingerprint density at radius 3 is 1.74 bits per heavy atom. The summed E-state index contributed by atoms with van der Waals surface area (Å²) in [4.78, 5) is 10.1. The third-order valence-corrected chi connectivity index (χ3v) is 6.46. The molecule has 2 unspecified atom stereocenters. The van der Waals surface area contributed by atoms with E-state index in [0.29, 0.717) is 0 Å². The van der Waals surface area contributed by atoms with Crippen molar-refractivity contribution in [2.75, 3.05) is 0 Å². The Kier molecular flexibility index (Phi) is 4.18. The van der Waals surface area contributed by atoms with Gasteiger partial charge in [-0.3, -0.25) is 0 Å². The lowest BCUT2D eigenvalue weighted by atomic mass is 9.84. The molecule has 0 aliphatic rings. The third-order valence-electron chi connectivity index (χ3n) is 6.46. The molecule has 2 atom stereocenters. The summed E-state index contributed by atoms with van der Waals surface area (Å²) in [5.74, 6) is -0.102. The number of fused-ring (bicyclic) bond motifs is 3. The first kappa shape index (κ1) is 18.0. The van der Waals surface area contributed by atoms with Crippen LogP contribution in [0.25, 0.3) is 32.7 Å². The van der Waals surface area contributed by atoms with Crippen LogP contribution in [0, 0.1) is 0 Å². The van der Waals surface area contributed by atoms with Crippen molar-refractivity contribution in [3.63, 3.8) is 0 Å². The molecule has 0 fully saturated rings. The zero-order valence-corrected chi connectivity index (χ0v) is 17.0. The summed E-state index contributed by atoms with van der Waals surface area (Å²) in [5.41, 5.74) is 6.54. The number of aliphatic hydroxyl groups is 1. The van der Waals surface area contributed by atoms with E-state index in [-0.39, 0.29) is 5.92 Å². The molecule has 0 saturated heterocycles. The van der Waals surface area contributed by atoms with E-state index in [1.807, 2.05) is 36.5 Å². The number of benzene rings is 3. The van der Waals surface area contributed by atoms with Gasteiger partial charge < -0.3 is 20.1 Å². The fraction of sp³-hybridized carbons (Fsp3) is 0.111. The monoisotopic (exact) mass is 405 g/mol. The lowest BCUT2D eigenvalue weighted by Gasteiger charge is -2.23. The second-order valence-corrected chi connectivity index (χ2v) is 8.19. The molecule has 3 aromatic carbocycles. The van der Waals surface area contributed by atoms with Gasteiger partial charge in [-0.15, -0.1) is 0 Å². The highest BCUT2D eigenvalue weighted by molar-refractivity contribution is 5.86. The maximum Gasteiger partial charge on any atom is 0.0883 e. The van der Waals surface area contributed by atoms with Crippen molar-refractivity contribution in [2.45, 2.75) is 18.4 Å². The van der Waals surface area contributed by atoms with Crippen LogP contribution in [0.3, 0.4) is 0 Å². The number of aromatic nitrogens is 3. The molecule has 4 N–H and O–H groups in total. The van der Waals surface area contributed by atoms with Gasteiger partial charge in [0.15, 0.2) is 0 Å². The molecule has 4 nitrogen and oxygen atoms in total. The minimum Gasteiger partial charge on any atom is -0.388 e. The molecular formula is C27H23N3O. The number of H-pyrrole nitrogens is 3. The van der Waals surface area contributed by atoms with Gasteiger partial charge in [0.1, 0.15) is 0 Å². The third kappa shape index (κ3) is 2.95. The van der Waals surface area contributed by atoms with E-state index < -0.39 is 6.10 Å². The molecule has 0 radical (unpaired) electrons. The first-order valence-electron chi connectivity index (χ1n) is 10.6. The van der Waals surface area contributed by atoms with E-state index in [9.17, 15) is 5.11 Å². The highest BCUT2D eigenvalue weighted by Gasteiger charge is 2.28. The molecular weight excluding hydrogens is 382 g/mol. The largest absolute Gasteiger partial charge is 0.388 e. The molecule has 6 aromatic rings. The Labute approximate surface area is 179 Å². The summed E-state index contributed by atoms with van der Waals surface area (Å²) in [6.07, 6.45) is 6.17. The van der Waals surface area contributed by atoms with Crippen LogP contribution < -0.4 is 0 Å². The van der Waals surface area contributed by atoms with Crippen molar-refractivity contribution >= 4 is 32.7 Å². The molecule has 0 bridgehead atoms. The smallest absolute Gasteiger partial charge is 0.0883 e. The topological polar surface area (TPSA) is 67.6 Å². The molecule has 0 amide bonds. The van der Waals surface area contributed by atoms with Gasteiger partial charge in [0.25, 0.3) is 0 Å². The van der Waals surface area contributed by atoms with Gasteiger partial charge in [0.05, 0.1) is 6.10 Å². The summed E-state index contributed by atoms with van der Waals surface area (Å²) in [6.45, 7) is 0. The second-order valence-electron chi connectivity index (χ2n) is 8.19. The molecule has 0 saturated carbocycles. The van der Waals surface area contributed by atoms with Gasteiger partial charge in [0, 0.05) is 62.8 Å². The van der Waals surface area contributed by atoms with Crippen LogP contribution >= 0.6 is 0 Å². The quantitative estimate of drug-likeness (QED) is 0.271. The lowest BCUT2D eigenvalue weighted by Crippen LogP contribution is -2.13. The van der Waals surface area contributed by atoms with Crippen LogP contribution in [0.15, 0.2) is 91.4 Å². The van der Waals surface area contributed by atoms with Gasteiger partial charge in [-0.05, 0) is 35.7 Å². The van der Waals surface area contributed by atoms with Gasteiger partial charge >= 0.3 is 0 Å². The van der Waals surface area contributed by atoms with Gasteiger partial charge in [-0.2, -0.15) is 0 Å². The van der Waals surface area contributed by atoms with Crippen LogP contribution in [0.1, 0.15) is 28.7 Å². The van der Waals surface area contributed by atoms with Crippen molar-refractivity contribution in [3.05, 3.63) is 108 Å². The van der Waals surface area contributed by atoms with Crippen LogP contribution in [0.2, 0.25) is 0 Å². The standard InChI is InChI=1S/C27H23N3O/c31-27(23-16-30-26-12-6-3-9-20(23)26)21(22-15-29-25-11-5-2-8-19(22)25)13-17-14-28-24-10-4-1-7-18(17)24/h1-12,14-16,21,27-31H,13H2. The summed E-state index contributed by atoms with van der Waals surface area (Å²) in [5, 5.41) is 15.2. The van der Waals surface area contributed by atoms with E-state index in [2.05, 4.69) is 69.8 Å². The number of rotatable bonds is 5. The molecule has 3 heterocycles. The maximum absolute atomic E-state index is 11.7. The first-order chi connectivity index (χ1) is 15.3. The molecule has 31 heavy (non-hydrogen) atoms. The van der Waals surface area contributed by atoms with Crippen LogP contribution in [-0.2, 0) is 6.42 Å². The summed E-state index contributed by atoms with van der Waals surface area (Å²) >= 11 is 0. The number of hydrogen-bond acceptors (Lipinski definition) is 1. The molecule has 3 aromatic heterocycles. The second kappa shape index (κ2) is 7.18. The number of aromatic amines is 3. The predicted octanol–water partition coefficient (Wildman–Crippen LogP) is 6.19. The van der Waals surface area contributed by atoms with Crippen molar-refractivity contribution in [1.29, 1.82) is 0 Å². The minimum atomic E-state index is -0.649. The molecule has 152 valence electrons. The van der Waals surface area contributed by atoms with E-state index in [1.165, 1.54) is 10.9 Å². The van der Waals surface area contributed by atoms with Crippen molar-refractivity contribution in [1.82, 2.24) is 15.0 Å². The number of hydrogen-bond donors (Lipinski definition) is 4. The van der Waals surface area contributed by atoms with E-state index in [0.717, 1.165) is 44.9 Å². The highest BCUT2D eigenvalue weighted by atomic mass is 16.3.